The first-order valence-corrected chi connectivity index (χ1v) is 4.59. The van der Waals surface area contributed by atoms with E-state index < -0.39 is 5.97 Å². The van der Waals surface area contributed by atoms with E-state index in [4.69, 9.17) is 5.11 Å². The first-order valence-electron chi connectivity index (χ1n) is 4.59. The lowest BCUT2D eigenvalue weighted by atomic mass is 9.99. The van der Waals surface area contributed by atoms with Crippen LogP contribution >= 0.6 is 0 Å². The van der Waals surface area contributed by atoms with E-state index in [1.165, 1.54) is 0 Å². The Kier molecular flexibility index (Phi) is 3.28. The highest BCUT2D eigenvalue weighted by atomic mass is 16.4. The number of piperidine rings is 1. The molecule has 0 saturated carbocycles. The number of aliphatic carboxylic acids is 1. The Labute approximate surface area is 77.5 Å². The highest BCUT2D eigenvalue weighted by Crippen LogP contribution is 2.16. The van der Waals surface area contributed by atoms with Crippen LogP contribution in [0, 0.1) is 5.92 Å². The Morgan fingerprint density at radius 2 is 1.92 bits per heavy atom. The average molecular weight is 185 g/mol. The monoisotopic (exact) mass is 185 g/mol. The van der Waals surface area contributed by atoms with E-state index in [2.05, 4.69) is 6.92 Å². The first kappa shape index (κ1) is 10.0. The minimum absolute atomic E-state index is 0.251. The van der Waals surface area contributed by atoms with Crippen molar-refractivity contribution in [3.8, 4) is 0 Å². The number of carbonyl (C=O) groups excluding carboxylic acids is 1. The predicted octanol–water partition coefficient (Wildman–Crippen LogP) is 0.720. The van der Waals surface area contributed by atoms with E-state index in [1.807, 2.05) is 0 Å². The number of hydrogen-bond acceptors (Lipinski definition) is 2. The van der Waals surface area contributed by atoms with Gasteiger partial charge in [-0.3, -0.25) is 9.59 Å². The largest absolute Gasteiger partial charge is 0.481 e. The lowest BCUT2D eigenvalue weighted by molar-refractivity contribution is -0.144. The van der Waals surface area contributed by atoms with Gasteiger partial charge in [0.2, 0.25) is 5.91 Å². The normalized spacial score (nSPS) is 18.7. The topological polar surface area (TPSA) is 57.6 Å². The van der Waals surface area contributed by atoms with Crippen molar-refractivity contribution in [2.24, 2.45) is 5.92 Å². The highest BCUT2D eigenvalue weighted by molar-refractivity contribution is 5.93. The van der Waals surface area contributed by atoms with Gasteiger partial charge in [-0.2, -0.15) is 0 Å². The van der Waals surface area contributed by atoms with Crippen LogP contribution in [0.25, 0.3) is 0 Å². The lowest BCUT2D eigenvalue weighted by Crippen LogP contribution is -2.38. The molecule has 0 aromatic carbocycles. The molecule has 0 aromatic rings. The van der Waals surface area contributed by atoms with E-state index in [9.17, 15) is 9.59 Å². The second-order valence-electron chi connectivity index (χ2n) is 3.63. The number of amides is 1. The Hall–Kier alpha value is -1.06. The Morgan fingerprint density at radius 3 is 2.38 bits per heavy atom. The SMILES string of the molecule is CC1CCN(C(=O)CC(=O)O)CC1. The van der Waals surface area contributed by atoms with Crippen LogP contribution in [0.15, 0.2) is 0 Å². The van der Waals surface area contributed by atoms with Gasteiger partial charge in [-0.05, 0) is 18.8 Å². The molecule has 0 bridgehead atoms. The summed E-state index contributed by atoms with van der Waals surface area (Å²) in [5.74, 6) is -0.628. The third kappa shape index (κ3) is 3.05. The number of nitrogens with zero attached hydrogens (tertiary/aromatic N) is 1. The third-order valence-electron chi connectivity index (χ3n) is 2.44. The van der Waals surface area contributed by atoms with Gasteiger partial charge in [-0.25, -0.2) is 0 Å². The minimum Gasteiger partial charge on any atom is -0.481 e. The molecule has 1 aliphatic rings. The predicted molar refractivity (Wildman–Crippen MR) is 47.2 cm³/mol. The first-order chi connectivity index (χ1) is 6.09. The van der Waals surface area contributed by atoms with Gasteiger partial charge in [-0.15, -0.1) is 0 Å². The van der Waals surface area contributed by atoms with Crippen molar-refractivity contribution >= 4 is 11.9 Å². The van der Waals surface area contributed by atoms with E-state index in [0.29, 0.717) is 19.0 Å². The summed E-state index contributed by atoms with van der Waals surface area (Å²) in [5, 5.41) is 8.42. The molecule has 0 aromatic heterocycles. The van der Waals surface area contributed by atoms with Crippen molar-refractivity contribution in [1.29, 1.82) is 0 Å². The van der Waals surface area contributed by atoms with Gasteiger partial charge >= 0.3 is 5.97 Å². The summed E-state index contributed by atoms with van der Waals surface area (Å²) in [5.41, 5.74) is 0. The van der Waals surface area contributed by atoms with Gasteiger partial charge in [0, 0.05) is 13.1 Å². The molecule has 0 spiro atoms. The molecule has 1 heterocycles. The van der Waals surface area contributed by atoms with Crippen molar-refractivity contribution in [1.82, 2.24) is 4.90 Å². The van der Waals surface area contributed by atoms with Gasteiger partial charge in [-0.1, -0.05) is 6.92 Å². The summed E-state index contributed by atoms with van der Waals surface area (Å²) in [6, 6.07) is 0. The van der Waals surface area contributed by atoms with Gasteiger partial charge < -0.3 is 10.0 Å². The molecule has 0 unspecified atom stereocenters. The van der Waals surface area contributed by atoms with Crippen molar-refractivity contribution in [3.63, 3.8) is 0 Å². The molecule has 1 saturated heterocycles. The van der Waals surface area contributed by atoms with E-state index >= 15 is 0 Å². The van der Waals surface area contributed by atoms with Gasteiger partial charge in [0.1, 0.15) is 6.42 Å². The summed E-state index contributed by atoms with van der Waals surface area (Å²) in [4.78, 5) is 23.2. The number of carboxylic acid groups (broad SMARTS) is 1. The number of rotatable bonds is 2. The van der Waals surface area contributed by atoms with E-state index in [-0.39, 0.29) is 12.3 Å². The maximum absolute atomic E-state index is 11.3. The molecule has 1 aliphatic heterocycles. The van der Waals surface area contributed by atoms with E-state index in [1.54, 1.807) is 4.90 Å². The summed E-state index contributed by atoms with van der Waals surface area (Å²) >= 11 is 0. The zero-order valence-electron chi connectivity index (χ0n) is 7.82. The molecule has 13 heavy (non-hydrogen) atoms. The number of carboxylic acids is 1. The summed E-state index contributed by atoms with van der Waals surface area (Å²) < 4.78 is 0. The summed E-state index contributed by atoms with van der Waals surface area (Å²) in [7, 11) is 0. The number of carbonyl (C=O) groups is 2. The quantitative estimate of drug-likeness (QED) is 0.645. The van der Waals surface area contributed by atoms with Crippen LogP contribution in [-0.2, 0) is 9.59 Å². The molecule has 74 valence electrons. The van der Waals surface area contributed by atoms with Crippen molar-refractivity contribution in [2.75, 3.05) is 13.1 Å². The minimum atomic E-state index is -1.04. The van der Waals surface area contributed by atoms with Crippen LogP contribution in [0.1, 0.15) is 26.2 Å². The maximum atomic E-state index is 11.3. The summed E-state index contributed by atoms with van der Waals surface area (Å²) in [6.07, 6.45) is 1.62. The molecule has 4 nitrogen and oxygen atoms in total. The Morgan fingerprint density at radius 1 is 1.38 bits per heavy atom. The molecule has 1 amide bonds. The molecule has 1 fully saturated rings. The molecular formula is C9H15NO3. The molecule has 1 N–H and O–H groups in total. The van der Waals surface area contributed by atoms with Crippen LogP contribution in [0.2, 0.25) is 0 Å². The highest BCUT2D eigenvalue weighted by Gasteiger charge is 2.21. The molecule has 1 rings (SSSR count). The standard InChI is InChI=1S/C9H15NO3/c1-7-2-4-10(5-3-7)8(11)6-9(12)13/h7H,2-6H2,1H3,(H,12,13). The molecule has 0 radical (unpaired) electrons. The van der Waals surface area contributed by atoms with Gasteiger partial charge in [0.05, 0.1) is 0 Å². The second kappa shape index (κ2) is 4.25. The van der Waals surface area contributed by atoms with Crippen molar-refractivity contribution in [3.05, 3.63) is 0 Å². The average Bonchev–Trinajstić information content (AvgIpc) is 2.04. The lowest BCUT2D eigenvalue weighted by Gasteiger charge is -2.29. The van der Waals surface area contributed by atoms with Crippen LogP contribution in [0.3, 0.4) is 0 Å². The smallest absolute Gasteiger partial charge is 0.312 e. The second-order valence-corrected chi connectivity index (χ2v) is 3.63. The third-order valence-corrected chi connectivity index (χ3v) is 2.44. The zero-order chi connectivity index (χ0) is 9.84. The van der Waals surface area contributed by atoms with Crippen LogP contribution < -0.4 is 0 Å². The van der Waals surface area contributed by atoms with Crippen LogP contribution in [0.5, 0.6) is 0 Å². The summed E-state index contributed by atoms with van der Waals surface area (Å²) in [6.45, 7) is 3.58. The van der Waals surface area contributed by atoms with Crippen LogP contribution in [0.4, 0.5) is 0 Å². The molecule has 0 atom stereocenters. The fraction of sp³-hybridized carbons (Fsp3) is 0.778. The molecule has 0 aliphatic carbocycles. The van der Waals surface area contributed by atoms with Crippen LogP contribution in [-0.4, -0.2) is 35.0 Å². The fourth-order valence-corrected chi connectivity index (χ4v) is 1.50. The Bertz CT molecular complexity index is 207. The number of likely N-dealkylation sites (tertiary alicyclic amines) is 1. The molecule has 4 heteroatoms. The van der Waals surface area contributed by atoms with Crippen molar-refractivity contribution < 1.29 is 14.7 Å². The van der Waals surface area contributed by atoms with Crippen molar-refractivity contribution in [2.45, 2.75) is 26.2 Å². The number of hydrogen-bond donors (Lipinski definition) is 1. The molecular weight excluding hydrogens is 170 g/mol. The maximum Gasteiger partial charge on any atom is 0.312 e. The zero-order valence-corrected chi connectivity index (χ0v) is 7.82. The fourth-order valence-electron chi connectivity index (χ4n) is 1.50. The van der Waals surface area contributed by atoms with E-state index in [0.717, 1.165) is 12.8 Å². The Balaban J connectivity index is 2.36. The van der Waals surface area contributed by atoms with Gasteiger partial charge in [0.15, 0.2) is 0 Å². The van der Waals surface area contributed by atoms with Gasteiger partial charge in [0.25, 0.3) is 0 Å².